The summed E-state index contributed by atoms with van der Waals surface area (Å²) < 4.78 is 15.2. The number of aliphatic imine (C=N–C) groups is 1. The number of allylic oxidation sites excluding steroid dienone is 1. The lowest BCUT2D eigenvalue weighted by Crippen LogP contribution is -2.22. The lowest BCUT2D eigenvalue weighted by molar-refractivity contribution is -0.147. The summed E-state index contributed by atoms with van der Waals surface area (Å²) in [6, 6.07) is 2.05. The van der Waals surface area contributed by atoms with E-state index in [1.54, 1.807) is 7.11 Å². The second-order valence-corrected chi connectivity index (χ2v) is 5.22. The number of methoxy groups -OCH3 is 1. The molecule has 23 heavy (non-hydrogen) atoms. The van der Waals surface area contributed by atoms with E-state index in [1.807, 2.05) is 13.0 Å². The van der Waals surface area contributed by atoms with E-state index in [2.05, 4.69) is 11.1 Å². The van der Waals surface area contributed by atoms with E-state index < -0.39 is 11.9 Å². The number of nitriles is 1. The first-order valence-corrected chi connectivity index (χ1v) is 8.09. The van der Waals surface area contributed by atoms with E-state index in [-0.39, 0.29) is 6.61 Å². The molecule has 0 heterocycles. The summed E-state index contributed by atoms with van der Waals surface area (Å²) >= 11 is 0. The third-order valence-electron chi connectivity index (χ3n) is 3.48. The van der Waals surface area contributed by atoms with Crippen LogP contribution in [-0.2, 0) is 19.0 Å². The number of carbonyl (C=O) groups is 1. The molecule has 0 aromatic rings. The molecule has 0 saturated carbocycles. The number of rotatable bonds is 10. The van der Waals surface area contributed by atoms with Crippen LogP contribution in [0.5, 0.6) is 0 Å². The van der Waals surface area contributed by atoms with Crippen LogP contribution in [0.1, 0.15) is 32.6 Å². The number of hydrogen-bond donors (Lipinski definition) is 0. The lowest BCUT2D eigenvalue weighted by Gasteiger charge is -2.18. The molecule has 0 aromatic carbocycles. The maximum Gasteiger partial charge on any atom is 0.327 e. The second kappa shape index (κ2) is 11.8. The zero-order valence-corrected chi connectivity index (χ0v) is 14.0. The van der Waals surface area contributed by atoms with E-state index in [4.69, 9.17) is 14.2 Å². The summed E-state index contributed by atoms with van der Waals surface area (Å²) in [5, 5.41) is 9.30. The Kier molecular flexibility index (Phi) is 9.92. The first-order valence-electron chi connectivity index (χ1n) is 8.09. The monoisotopic (exact) mass is 322 g/mol. The van der Waals surface area contributed by atoms with E-state index >= 15 is 0 Å². The smallest absolute Gasteiger partial charge is 0.327 e. The molecule has 1 rings (SSSR count). The van der Waals surface area contributed by atoms with Gasteiger partial charge in [0.1, 0.15) is 6.61 Å². The molecule has 0 amide bonds. The van der Waals surface area contributed by atoms with Gasteiger partial charge in [-0.3, -0.25) is 9.79 Å². The molecule has 0 spiro atoms. The van der Waals surface area contributed by atoms with Gasteiger partial charge in [-0.25, -0.2) is 0 Å². The highest BCUT2D eigenvalue weighted by atomic mass is 16.6. The van der Waals surface area contributed by atoms with Crippen LogP contribution in [0.4, 0.5) is 0 Å². The number of ether oxygens (including phenoxy) is 3. The van der Waals surface area contributed by atoms with E-state index in [9.17, 15) is 10.1 Å². The van der Waals surface area contributed by atoms with Crippen LogP contribution in [0, 0.1) is 17.2 Å². The first-order chi connectivity index (χ1) is 11.2. The van der Waals surface area contributed by atoms with Crippen LogP contribution in [0.3, 0.4) is 0 Å². The minimum absolute atomic E-state index is 0.177. The van der Waals surface area contributed by atoms with Gasteiger partial charge >= 0.3 is 5.97 Å². The topological polar surface area (TPSA) is 80.9 Å². The quantitative estimate of drug-likeness (QED) is 0.455. The van der Waals surface area contributed by atoms with Gasteiger partial charge in [0, 0.05) is 32.6 Å². The average Bonchev–Trinajstić information content (AvgIpc) is 2.57. The van der Waals surface area contributed by atoms with Crippen LogP contribution in [0.25, 0.3) is 0 Å². The summed E-state index contributed by atoms with van der Waals surface area (Å²) in [7, 11) is 1.67. The average molecular weight is 322 g/mol. The minimum atomic E-state index is -0.846. The van der Waals surface area contributed by atoms with Gasteiger partial charge in [-0.15, -0.1) is 0 Å². The standard InChI is InChI=1S/C17H26N2O4/c1-3-22-10-11-23-17(20)16(13-18)14-6-4-7-15(12-14)19-8-5-9-21-2/h12,16H,3-11H2,1-2H3. The Morgan fingerprint density at radius 1 is 1.39 bits per heavy atom. The summed E-state index contributed by atoms with van der Waals surface area (Å²) in [5.74, 6) is -1.35. The fourth-order valence-corrected chi connectivity index (χ4v) is 2.33. The minimum Gasteiger partial charge on any atom is -0.462 e. The van der Waals surface area contributed by atoms with Crippen LogP contribution in [0.15, 0.2) is 16.6 Å². The molecule has 0 fully saturated rings. The molecule has 0 bridgehead atoms. The van der Waals surface area contributed by atoms with Crippen molar-refractivity contribution in [1.29, 1.82) is 5.26 Å². The van der Waals surface area contributed by atoms with Crippen molar-refractivity contribution in [2.24, 2.45) is 10.9 Å². The van der Waals surface area contributed by atoms with Crippen molar-refractivity contribution >= 4 is 11.7 Å². The SMILES string of the molecule is CCOCCOC(=O)C(C#N)C1=CC(=NCCCOC)CCC1. The molecule has 1 aliphatic rings. The van der Waals surface area contributed by atoms with Gasteiger partial charge in [0.05, 0.1) is 12.7 Å². The van der Waals surface area contributed by atoms with Gasteiger partial charge in [0.15, 0.2) is 5.92 Å². The van der Waals surface area contributed by atoms with Gasteiger partial charge in [-0.2, -0.15) is 5.26 Å². The van der Waals surface area contributed by atoms with Crippen LogP contribution in [0.2, 0.25) is 0 Å². The Bertz CT molecular complexity index is 466. The second-order valence-electron chi connectivity index (χ2n) is 5.22. The van der Waals surface area contributed by atoms with Crippen LogP contribution >= 0.6 is 0 Å². The Labute approximate surface area is 138 Å². The zero-order valence-electron chi connectivity index (χ0n) is 14.0. The van der Waals surface area contributed by atoms with Crippen molar-refractivity contribution in [1.82, 2.24) is 0 Å². The van der Waals surface area contributed by atoms with E-state index in [0.717, 1.165) is 37.0 Å². The molecule has 1 atom stereocenters. The van der Waals surface area contributed by atoms with Gasteiger partial charge < -0.3 is 14.2 Å². The van der Waals surface area contributed by atoms with E-state index in [0.29, 0.717) is 26.4 Å². The molecule has 0 radical (unpaired) electrons. The molecule has 0 aromatic heterocycles. The fraction of sp³-hybridized carbons (Fsp3) is 0.706. The van der Waals surface area contributed by atoms with Crippen molar-refractivity contribution in [3.63, 3.8) is 0 Å². The molecule has 0 N–H and O–H groups in total. The summed E-state index contributed by atoms with van der Waals surface area (Å²) in [6.45, 7) is 4.36. The van der Waals surface area contributed by atoms with Crippen LogP contribution in [-0.4, -0.2) is 51.8 Å². The maximum atomic E-state index is 12.0. The largest absolute Gasteiger partial charge is 0.462 e. The molecule has 6 nitrogen and oxygen atoms in total. The lowest BCUT2D eigenvalue weighted by atomic mass is 9.89. The van der Waals surface area contributed by atoms with Crippen molar-refractivity contribution in [2.75, 3.05) is 40.1 Å². The van der Waals surface area contributed by atoms with Gasteiger partial charge in [0.25, 0.3) is 0 Å². The Morgan fingerprint density at radius 2 is 2.22 bits per heavy atom. The Balaban J connectivity index is 2.59. The van der Waals surface area contributed by atoms with Crippen molar-refractivity contribution in [3.05, 3.63) is 11.6 Å². The molecule has 1 aliphatic carbocycles. The Morgan fingerprint density at radius 3 is 2.91 bits per heavy atom. The third-order valence-corrected chi connectivity index (χ3v) is 3.48. The highest BCUT2D eigenvalue weighted by molar-refractivity contribution is 5.97. The normalized spacial score (nSPS) is 17.4. The number of esters is 1. The molecule has 0 aliphatic heterocycles. The van der Waals surface area contributed by atoms with Gasteiger partial charge in [0.2, 0.25) is 0 Å². The first kappa shape index (κ1) is 19.3. The number of carbonyl (C=O) groups excluding carboxylic acids is 1. The Hall–Kier alpha value is -1.71. The van der Waals surface area contributed by atoms with E-state index in [1.165, 1.54) is 0 Å². The summed E-state index contributed by atoms with van der Waals surface area (Å²) in [6.07, 6.45) is 5.27. The zero-order chi connectivity index (χ0) is 16.9. The van der Waals surface area contributed by atoms with Crippen LogP contribution < -0.4 is 0 Å². The highest BCUT2D eigenvalue weighted by Crippen LogP contribution is 2.24. The molecule has 6 heteroatoms. The molecule has 128 valence electrons. The summed E-state index contributed by atoms with van der Waals surface area (Å²) in [5.41, 5.74) is 1.75. The molecule has 0 saturated heterocycles. The maximum absolute atomic E-state index is 12.0. The number of hydrogen-bond acceptors (Lipinski definition) is 6. The fourth-order valence-electron chi connectivity index (χ4n) is 2.33. The molecular weight excluding hydrogens is 296 g/mol. The van der Waals surface area contributed by atoms with Crippen molar-refractivity contribution in [3.8, 4) is 6.07 Å². The van der Waals surface area contributed by atoms with Gasteiger partial charge in [-0.1, -0.05) is 0 Å². The predicted molar refractivity (Wildman–Crippen MR) is 87.3 cm³/mol. The molecular formula is C17H26N2O4. The van der Waals surface area contributed by atoms with Crippen molar-refractivity contribution in [2.45, 2.75) is 32.6 Å². The van der Waals surface area contributed by atoms with Gasteiger partial charge in [-0.05, 0) is 44.3 Å². The summed E-state index contributed by atoms with van der Waals surface area (Å²) in [4.78, 5) is 16.6. The third kappa shape index (κ3) is 7.40. The predicted octanol–water partition coefficient (Wildman–Crippen LogP) is 2.29. The van der Waals surface area contributed by atoms with Crippen molar-refractivity contribution < 1.29 is 19.0 Å². The molecule has 1 unspecified atom stereocenters. The highest BCUT2D eigenvalue weighted by Gasteiger charge is 2.26. The number of nitrogens with zero attached hydrogens (tertiary/aromatic N) is 2.